The minimum Gasteiger partial charge on any atom is -0.466 e. The summed E-state index contributed by atoms with van der Waals surface area (Å²) in [6.07, 6.45) is 0.548. The molecule has 0 spiro atoms. The Morgan fingerprint density at radius 3 is 2.54 bits per heavy atom. The maximum atomic E-state index is 13.8. The highest BCUT2D eigenvalue weighted by atomic mass is 35.5. The Kier molecular flexibility index (Phi) is 7.53. The van der Waals surface area contributed by atoms with Crippen molar-refractivity contribution in [3.8, 4) is 0 Å². The number of aromatic nitrogens is 1. The summed E-state index contributed by atoms with van der Waals surface area (Å²) in [4.78, 5) is 11.7. The van der Waals surface area contributed by atoms with Crippen LogP contribution in [0.15, 0.2) is 64.5 Å². The molecule has 1 aliphatic heterocycles. The summed E-state index contributed by atoms with van der Waals surface area (Å²) in [7, 11) is -8.46. The topological polar surface area (TPSA) is 115 Å². The number of benzene rings is 2. The first-order valence-corrected chi connectivity index (χ1v) is 14.4. The Morgan fingerprint density at radius 2 is 1.83 bits per heavy atom. The Hall–Kier alpha value is -2.44. The SMILES string of the molecule is CCOC(=O)CCC1CN(S(=O)(=O)c2cc3cc(Cl)ccc3n2S(=O)(=O)c2ccccc2)CCN1. The molecular weight excluding hydrogens is 514 g/mol. The molecule has 0 saturated carbocycles. The Bertz CT molecular complexity index is 1440. The molecule has 1 aromatic heterocycles. The van der Waals surface area contributed by atoms with Crippen molar-refractivity contribution in [1.29, 1.82) is 0 Å². The van der Waals surface area contributed by atoms with Gasteiger partial charge in [0, 0.05) is 42.5 Å². The first-order valence-electron chi connectivity index (χ1n) is 11.2. The molecule has 2 aromatic carbocycles. The standard InChI is InChI=1S/C23H26ClN3O6S2/c1-2-33-23(28)11-9-19-16-26(13-12-25-19)35(31,32)22-15-17-14-18(24)8-10-21(17)27(22)34(29,30)20-6-4-3-5-7-20/h3-8,10,14-15,19,25H,2,9,11-13,16H2,1H3. The predicted molar refractivity (Wildman–Crippen MR) is 132 cm³/mol. The van der Waals surface area contributed by atoms with Crippen LogP contribution in [0.25, 0.3) is 10.9 Å². The Morgan fingerprint density at radius 1 is 1.09 bits per heavy atom. The second-order valence-corrected chi connectivity index (χ2v) is 12.2. The molecule has 0 aliphatic carbocycles. The van der Waals surface area contributed by atoms with Gasteiger partial charge in [0.25, 0.3) is 20.0 Å². The molecule has 0 amide bonds. The average molecular weight is 540 g/mol. The maximum absolute atomic E-state index is 13.8. The fourth-order valence-corrected chi connectivity index (χ4v) is 7.87. The lowest BCUT2D eigenvalue weighted by Gasteiger charge is -2.33. The van der Waals surface area contributed by atoms with Crippen LogP contribution in [-0.4, -0.2) is 63.4 Å². The summed E-state index contributed by atoms with van der Waals surface area (Å²) < 4.78 is 62.0. The minimum absolute atomic E-state index is 0.0310. The second kappa shape index (κ2) is 10.3. The molecule has 2 heterocycles. The van der Waals surface area contributed by atoms with E-state index in [2.05, 4.69) is 5.32 Å². The molecule has 0 radical (unpaired) electrons. The summed E-state index contributed by atoms with van der Waals surface area (Å²) in [6.45, 7) is 2.62. The van der Waals surface area contributed by atoms with Crippen LogP contribution in [0.4, 0.5) is 0 Å². The molecule has 1 unspecified atom stereocenters. The number of nitrogens with one attached hydrogen (secondary N) is 1. The highest BCUT2D eigenvalue weighted by Gasteiger charge is 2.36. The fraction of sp³-hybridized carbons (Fsp3) is 0.348. The van der Waals surface area contributed by atoms with Crippen LogP contribution in [0.1, 0.15) is 19.8 Å². The van der Waals surface area contributed by atoms with Crippen LogP contribution in [0.5, 0.6) is 0 Å². The molecule has 1 saturated heterocycles. The number of carbonyl (C=O) groups is 1. The van der Waals surface area contributed by atoms with Crippen LogP contribution in [-0.2, 0) is 29.6 Å². The van der Waals surface area contributed by atoms with Gasteiger partial charge in [0.05, 0.1) is 17.0 Å². The lowest BCUT2D eigenvalue weighted by molar-refractivity contribution is -0.143. The van der Waals surface area contributed by atoms with E-state index in [-0.39, 0.29) is 53.6 Å². The van der Waals surface area contributed by atoms with E-state index in [9.17, 15) is 21.6 Å². The fourth-order valence-electron chi connectivity index (χ4n) is 4.13. The van der Waals surface area contributed by atoms with Gasteiger partial charge in [-0.25, -0.2) is 20.8 Å². The van der Waals surface area contributed by atoms with Gasteiger partial charge in [0.15, 0.2) is 5.03 Å². The van der Waals surface area contributed by atoms with E-state index in [1.807, 2.05) is 0 Å². The van der Waals surface area contributed by atoms with Gasteiger partial charge in [-0.2, -0.15) is 4.31 Å². The second-order valence-electron chi connectivity index (χ2n) is 8.13. The van der Waals surface area contributed by atoms with Gasteiger partial charge < -0.3 is 10.1 Å². The molecule has 3 aromatic rings. The van der Waals surface area contributed by atoms with Gasteiger partial charge in [-0.15, -0.1) is 0 Å². The Labute approximate surface area is 209 Å². The number of hydrogen-bond acceptors (Lipinski definition) is 7. The van der Waals surface area contributed by atoms with E-state index >= 15 is 0 Å². The third-order valence-corrected chi connectivity index (χ3v) is 9.73. The molecule has 35 heavy (non-hydrogen) atoms. The number of sulfonamides is 1. The zero-order valence-electron chi connectivity index (χ0n) is 19.1. The first-order chi connectivity index (χ1) is 16.6. The normalized spacial score (nSPS) is 17.5. The molecule has 1 fully saturated rings. The van der Waals surface area contributed by atoms with Crippen LogP contribution in [0.2, 0.25) is 5.02 Å². The maximum Gasteiger partial charge on any atom is 0.305 e. The first kappa shape index (κ1) is 25.6. The molecule has 9 nitrogen and oxygen atoms in total. The summed E-state index contributed by atoms with van der Waals surface area (Å²) >= 11 is 6.11. The molecule has 188 valence electrons. The van der Waals surface area contributed by atoms with Gasteiger partial charge in [0.1, 0.15) is 0 Å². The van der Waals surface area contributed by atoms with E-state index < -0.39 is 20.0 Å². The van der Waals surface area contributed by atoms with Gasteiger partial charge >= 0.3 is 5.97 Å². The van der Waals surface area contributed by atoms with Crippen LogP contribution < -0.4 is 5.32 Å². The number of fused-ring (bicyclic) bond motifs is 1. The summed E-state index contributed by atoms with van der Waals surface area (Å²) in [5, 5.41) is 3.61. The van der Waals surface area contributed by atoms with Crippen molar-refractivity contribution in [3.05, 3.63) is 59.6 Å². The third-order valence-electron chi connectivity index (χ3n) is 5.79. The number of rotatable bonds is 8. The summed E-state index contributed by atoms with van der Waals surface area (Å²) in [5.74, 6) is -0.347. The number of esters is 1. The van der Waals surface area contributed by atoms with E-state index in [0.29, 0.717) is 23.4 Å². The van der Waals surface area contributed by atoms with Crippen molar-refractivity contribution in [1.82, 2.24) is 13.6 Å². The van der Waals surface area contributed by atoms with Gasteiger partial charge in [0.2, 0.25) is 0 Å². The van der Waals surface area contributed by atoms with E-state index in [4.69, 9.17) is 16.3 Å². The van der Waals surface area contributed by atoms with Crippen molar-refractivity contribution < 1.29 is 26.4 Å². The average Bonchev–Trinajstić information content (AvgIpc) is 3.24. The molecule has 1 atom stereocenters. The van der Waals surface area contributed by atoms with E-state index in [0.717, 1.165) is 3.97 Å². The molecule has 1 aliphatic rings. The number of nitrogens with zero attached hydrogens (tertiary/aromatic N) is 2. The third kappa shape index (κ3) is 5.24. The summed E-state index contributed by atoms with van der Waals surface area (Å²) in [6, 6.07) is 13.3. The molecular formula is C23H26ClN3O6S2. The molecule has 4 rings (SSSR count). The minimum atomic E-state index is -4.24. The Balaban J connectivity index is 1.75. The quantitative estimate of drug-likeness (QED) is 0.438. The van der Waals surface area contributed by atoms with Crippen molar-refractivity contribution in [2.75, 3.05) is 26.2 Å². The predicted octanol–water partition coefficient (Wildman–Crippen LogP) is 2.84. The van der Waals surface area contributed by atoms with Crippen molar-refractivity contribution >= 4 is 48.5 Å². The highest BCUT2D eigenvalue weighted by Crippen LogP contribution is 2.32. The zero-order chi connectivity index (χ0) is 25.2. The lowest BCUT2D eigenvalue weighted by Crippen LogP contribution is -2.52. The molecule has 0 bridgehead atoms. The van der Waals surface area contributed by atoms with Crippen LogP contribution in [0, 0.1) is 0 Å². The number of ether oxygens (including phenoxy) is 1. The van der Waals surface area contributed by atoms with Crippen molar-refractivity contribution in [3.63, 3.8) is 0 Å². The zero-order valence-corrected chi connectivity index (χ0v) is 21.4. The van der Waals surface area contributed by atoms with Crippen LogP contribution in [0.3, 0.4) is 0 Å². The van der Waals surface area contributed by atoms with Gasteiger partial charge in [-0.1, -0.05) is 29.8 Å². The number of carbonyl (C=O) groups excluding carboxylic acids is 1. The van der Waals surface area contributed by atoms with E-state index in [1.165, 1.54) is 40.7 Å². The van der Waals surface area contributed by atoms with E-state index in [1.54, 1.807) is 25.1 Å². The largest absolute Gasteiger partial charge is 0.466 e. The lowest BCUT2D eigenvalue weighted by atomic mass is 10.1. The number of hydrogen-bond donors (Lipinski definition) is 1. The molecule has 12 heteroatoms. The monoisotopic (exact) mass is 539 g/mol. The van der Waals surface area contributed by atoms with Crippen molar-refractivity contribution in [2.24, 2.45) is 0 Å². The van der Waals surface area contributed by atoms with Crippen LogP contribution >= 0.6 is 11.6 Å². The van der Waals surface area contributed by atoms with Gasteiger partial charge in [-0.3, -0.25) is 4.79 Å². The highest BCUT2D eigenvalue weighted by molar-refractivity contribution is 7.92. The number of halogens is 1. The van der Waals surface area contributed by atoms with Crippen molar-refractivity contribution in [2.45, 2.75) is 35.7 Å². The summed E-state index contributed by atoms with van der Waals surface area (Å²) in [5.41, 5.74) is 0.214. The smallest absolute Gasteiger partial charge is 0.305 e. The van der Waals surface area contributed by atoms with Gasteiger partial charge in [-0.05, 0) is 49.7 Å². The number of piperazine rings is 1. The molecule has 1 N–H and O–H groups in total.